The topological polar surface area (TPSA) is 88.5 Å². The number of aromatic nitrogens is 1. The maximum atomic E-state index is 12.2. The first-order chi connectivity index (χ1) is 11.6. The molecule has 0 saturated carbocycles. The lowest BCUT2D eigenvalue weighted by atomic mass is 9.92. The number of methoxy groups -OCH3 is 1. The van der Waals surface area contributed by atoms with Gasteiger partial charge in [-0.1, -0.05) is 18.2 Å². The Kier molecular flexibility index (Phi) is 6.31. The molecule has 1 heterocycles. The molecule has 6 nitrogen and oxygen atoms in total. The summed E-state index contributed by atoms with van der Waals surface area (Å²) in [6.45, 7) is 0.370. The highest BCUT2D eigenvalue weighted by atomic mass is 16.5. The van der Waals surface area contributed by atoms with Gasteiger partial charge < -0.3 is 15.2 Å². The summed E-state index contributed by atoms with van der Waals surface area (Å²) in [5, 5.41) is 11.9. The Bertz CT molecular complexity index is 671. The number of rotatable bonds is 8. The fourth-order valence-electron chi connectivity index (χ4n) is 2.39. The molecule has 0 radical (unpaired) electrons. The van der Waals surface area contributed by atoms with Crippen LogP contribution < -0.4 is 10.1 Å². The molecule has 2 aromatic rings. The van der Waals surface area contributed by atoms with Gasteiger partial charge in [-0.15, -0.1) is 0 Å². The number of carboxylic acids is 1. The third kappa shape index (κ3) is 5.39. The van der Waals surface area contributed by atoms with Crippen molar-refractivity contribution >= 4 is 11.9 Å². The summed E-state index contributed by atoms with van der Waals surface area (Å²) in [5.41, 5.74) is 1.69. The fraction of sp³-hybridized carbons (Fsp3) is 0.278. The first kappa shape index (κ1) is 17.5. The highest BCUT2D eigenvalue weighted by molar-refractivity contribution is 5.78. The maximum Gasteiger partial charge on any atom is 0.303 e. The number of hydrogen-bond donors (Lipinski definition) is 2. The molecular weight excluding hydrogens is 308 g/mol. The summed E-state index contributed by atoms with van der Waals surface area (Å²) < 4.78 is 5.10. The van der Waals surface area contributed by atoms with Crippen LogP contribution in [0.2, 0.25) is 0 Å². The number of pyridine rings is 1. The van der Waals surface area contributed by atoms with E-state index in [-0.39, 0.29) is 24.7 Å². The van der Waals surface area contributed by atoms with Crippen molar-refractivity contribution < 1.29 is 19.4 Å². The number of amides is 1. The highest BCUT2D eigenvalue weighted by Crippen LogP contribution is 2.25. The number of hydrogen-bond acceptors (Lipinski definition) is 4. The summed E-state index contributed by atoms with van der Waals surface area (Å²) in [4.78, 5) is 27.2. The summed E-state index contributed by atoms with van der Waals surface area (Å²) in [5.74, 6) is -0.826. The van der Waals surface area contributed by atoms with Crippen LogP contribution in [0.4, 0.5) is 0 Å². The Hall–Kier alpha value is -2.89. The van der Waals surface area contributed by atoms with Gasteiger partial charge in [-0.3, -0.25) is 14.6 Å². The van der Waals surface area contributed by atoms with E-state index in [9.17, 15) is 9.59 Å². The lowest BCUT2D eigenvalue weighted by Crippen LogP contribution is -2.25. The summed E-state index contributed by atoms with van der Waals surface area (Å²) >= 11 is 0. The molecule has 0 aliphatic carbocycles. The molecule has 24 heavy (non-hydrogen) atoms. The quantitative estimate of drug-likeness (QED) is 0.776. The first-order valence-electron chi connectivity index (χ1n) is 7.60. The SMILES string of the molecule is COc1ccc([C@@H](CC(=O)O)CC(=O)NCc2cccnc2)cc1. The lowest BCUT2D eigenvalue weighted by molar-refractivity contribution is -0.137. The Morgan fingerprint density at radius 2 is 1.96 bits per heavy atom. The van der Waals surface area contributed by atoms with E-state index in [1.807, 2.05) is 6.07 Å². The second kappa shape index (κ2) is 8.67. The van der Waals surface area contributed by atoms with Gasteiger partial charge >= 0.3 is 5.97 Å². The molecule has 1 aromatic carbocycles. The summed E-state index contributed by atoms with van der Waals surface area (Å²) in [6.07, 6.45) is 3.35. The zero-order chi connectivity index (χ0) is 17.4. The minimum Gasteiger partial charge on any atom is -0.497 e. The molecule has 0 aliphatic rings. The molecule has 0 spiro atoms. The molecule has 1 amide bonds. The number of benzene rings is 1. The monoisotopic (exact) mass is 328 g/mol. The number of carboxylic acid groups (broad SMARTS) is 1. The van der Waals surface area contributed by atoms with Crippen LogP contribution in [0, 0.1) is 0 Å². The van der Waals surface area contributed by atoms with Gasteiger partial charge in [0.15, 0.2) is 0 Å². The number of nitrogens with one attached hydrogen (secondary N) is 1. The van der Waals surface area contributed by atoms with Crippen LogP contribution in [-0.2, 0) is 16.1 Å². The molecule has 6 heteroatoms. The molecule has 1 atom stereocenters. The summed E-state index contributed by atoms with van der Waals surface area (Å²) in [6, 6.07) is 10.8. The van der Waals surface area contributed by atoms with E-state index >= 15 is 0 Å². The third-order valence-electron chi connectivity index (χ3n) is 3.65. The fourth-order valence-corrected chi connectivity index (χ4v) is 2.39. The minimum absolute atomic E-state index is 0.105. The van der Waals surface area contributed by atoms with E-state index in [1.165, 1.54) is 0 Å². The van der Waals surface area contributed by atoms with E-state index in [0.717, 1.165) is 11.1 Å². The molecule has 2 N–H and O–H groups in total. The van der Waals surface area contributed by atoms with Crippen molar-refractivity contribution in [1.82, 2.24) is 10.3 Å². The molecule has 126 valence electrons. The zero-order valence-electron chi connectivity index (χ0n) is 13.4. The molecule has 0 unspecified atom stereocenters. The van der Waals surface area contributed by atoms with Gasteiger partial charge in [0.1, 0.15) is 5.75 Å². The zero-order valence-corrected chi connectivity index (χ0v) is 13.4. The Balaban J connectivity index is 1.99. The molecule has 0 bridgehead atoms. The van der Waals surface area contributed by atoms with Gasteiger partial charge in [0.2, 0.25) is 5.91 Å². The average molecular weight is 328 g/mol. The molecular formula is C18H20N2O4. The number of ether oxygens (including phenoxy) is 1. The Morgan fingerprint density at radius 3 is 2.54 bits per heavy atom. The second-order valence-electron chi connectivity index (χ2n) is 5.41. The van der Waals surface area contributed by atoms with Crippen LogP contribution in [0.3, 0.4) is 0 Å². The lowest BCUT2D eigenvalue weighted by Gasteiger charge is -2.15. The normalized spacial score (nSPS) is 11.5. The molecule has 0 saturated heterocycles. The molecule has 2 rings (SSSR count). The van der Waals surface area contributed by atoms with E-state index in [2.05, 4.69) is 10.3 Å². The van der Waals surface area contributed by atoms with Crippen molar-refractivity contribution in [1.29, 1.82) is 0 Å². The van der Waals surface area contributed by atoms with Crippen LogP contribution in [-0.4, -0.2) is 29.1 Å². The standard InChI is InChI=1S/C18H20N2O4/c1-24-16-6-4-14(5-7-16)15(10-18(22)23)9-17(21)20-12-13-3-2-8-19-11-13/h2-8,11,15H,9-10,12H2,1H3,(H,20,21)(H,22,23)/t15-/m1/s1. The number of nitrogens with zero attached hydrogens (tertiary/aromatic N) is 1. The van der Waals surface area contributed by atoms with Crippen molar-refractivity contribution in [3.05, 3.63) is 59.9 Å². The molecule has 0 fully saturated rings. The van der Waals surface area contributed by atoms with Crippen molar-refractivity contribution in [3.8, 4) is 5.75 Å². The Morgan fingerprint density at radius 1 is 1.21 bits per heavy atom. The predicted octanol–water partition coefficient (Wildman–Crippen LogP) is 2.36. The van der Waals surface area contributed by atoms with Crippen molar-refractivity contribution in [3.63, 3.8) is 0 Å². The molecule has 0 aliphatic heterocycles. The van der Waals surface area contributed by atoms with Crippen LogP contribution in [0.1, 0.15) is 29.9 Å². The summed E-state index contributed by atoms with van der Waals surface area (Å²) in [7, 11) is 1.57. The predicted molar refractivity (Wildman–Crippen MR) is 88.7 cm³/mol. The van der Waals surface area contributed by atoms with Gasteiger partial charge in [0.25, 0.3) is 0 Å². The van der Waals surface area contributed by atoms with Gasteiger partial charge in [-0.2, -0.15) is 0 Å². The van der Waals surface area contributed by atoms with Crippen molar-refractivity contribution in [2.75, 3.05) is 7.11 Å². The van der Waals surface area contributed by atoms with Gasteiger partial charge in [0, 0.05) is 31.3 Å². The highest BCUT2D eigenvalue weighted by Gasteiger charge is 2.19. The molecule has 1 aromatic heterocycles. The van der Waals surface area contributed by atoms with Crippen molar-refractivity contribution in [2.24, 2.45) is 0 Å². The van der Waals surface area contributed by atoms with Crippen LogP contribution >= 0.6 is 0 Å². The van der Waals surface area contributed by atoms with Crippen LogP contribution in [0.5, 0.6) is 5.75 Å². The van der Waals surface area contributed by atoms with E-state index < -0.39 is 5.97 Å². The van der Waals surface area contributed by atoms with Gasteiger partial charge in [-0.25, -0.2) is 0 Å². The Labute approximate surface area is 140 Å². The van der Waals surface area contributed by atoms with E-state index in [4.69, 9.17) is 9.84 Å². The van der Waals surface area contributed by atoms with Crippen LogP contribution in [0.25, 0.3) is 0 Å². The van der Waals surface area contributed by atoms with E-state index in [1.54, 1.807) is 49.8 Å². The third-order valence-corrected chi connectivity index (χ3v) is 3.65. The minimum atomic E-state index is -0.934. The first-order valence-corrected chi connectivity index (χ1v) is 7.60. The number of carbonyl (C=O) groups is 2. The van der Waals surface area contributed by atoms with Crippen LogP contribution in [0.15, 0.2) is 48.8 Å². The number of carbonyl (C=O) groups excluding carboxylic acids is 1. The maximum absolute atomic E-state index is 12.2. The van der Waals surface area contributed by atoms with Gasteiger partial charge in [-0.05, 0) is 29.3 Å². The van der Waals surface area contributed by atoms with E-state index in [0.29, 0.717) is 12.3 Å². The van der Waals surface area contributed by atoms with Gasteiger partial charge in [0.05, 0.1) is 13.5 Å². The second-order valence-corrected chi connectivity index (χ2v) is 5.41. The largest absolute Gasteiger partial charge is 0.497 e. The smallest absolute Gasteiger partial charge is 0.303 e. The van der Waals surface area contributed by atoms with Crippen molar-refractivity contribution in [2.45, 2.75) is 25.3 Å². The average Bonchev–Trinajstić information content (AvgIpc) is 2.60. The number of aliphatic carboxylic acids is 1.